The number of nitrogens with zero attached hydrogens (tertiary/aromatic N) is 2. The Bertz CT molecular complexity index is 734. The number of ether oxygens (including phenoxy) is 2. The maximum Gasteiger partial charge on any atom is 0.263 e. The van der Waals surface area contributed by atoms with E-state index in [2.05, 4.69) is 15.2 Å². The lowest BCUT2D eigenvalue weighted by molar-refractivity contribution is 0.0162. The highest BCUT2D eigenvalue weighted by atomic mass is 32.1. The topological polar surface area (TPSA) is 63.7 Å². The number of hydrogen-bond acceptors (Lipinski definition) is 6. The van der Waals surface area contributed by atoms with Gasteiger partial charge in [0.05, 0.1) is 32.1 Å². The number of hydrogen-bond donors (Lipinski definition) is 1. The van der Waals surface area contributed by atoms with E-state index in [1.165, 1.54) is 23.5 Å². The first-order chi connectivity index (χ1) is 12.7. The zero-order valence-electron chi connectivity index (χ0n) is 14.6. The van der Waals surface area contributed by atoms with E-state index in [1.54, 1.807) is 19.4 Å². The molecule has 3 rings (SSSR count). The lowest BCUT2D eigenvalue weighted by Gasteiger charge is -2.34. The highest BCUT2D eigenvalue weighted by Crippen LogP contribution is 2.22. The molecule has 1 saturated heterocycles. The van der Waals surface area contributed by atoms with Crippen LogP contribution in [0.3, 0.4) is 0 Å². The summed E-state index contributed by atoms with van der Waals surface area (Å²) in [4.78, 5) is 19.4. The molecule has 1 aliphatic heterocycles. The van der Waals surface area contributed by atoms with Gasteiger partial charge in [0.1, 0.15) is 15.7 Å². The van der Waals surface area contributed by atoms with Gasteiger partial charge in [-0.2, -0.15) is 0 Å². The number of thiazole rings is 1. The van der Waals surface area contributed by atoms with Crippen LogP contribution in [0.25, 0.3) is 0 Å². The van der Waals surface area contributed by atoms with Gasteiger partial charge in [-0.1, -0.05) is 12.1 Å². The first kappa shape index (κ1) is 18.9. The molecule has 1 aromatic carbocycles. The molecule has 1 fully saturated rings. The Hall–Kier alpha value is -1.87. The van der Waals surface area contributed by atoms with Crippen LogP contribution in [0.15, 0.2) is 30.5 Å². The van der Waals surface area contributed by atoms with Crippen LogP contribution in [0.2, 0.25) is 0 Å². The number of methoxy groups -OCH3 is 1. The van der Waals surface area contributed by atoms with Crippen LogP contribution in [0.4, 0.5) is 4.39 Å². The van der Waals surface area contributed by atoms with Crippen molar-refractivity contribution in [3.8, 4) is 0 Å². The minimum absolute atomic E-state index is 0.107. The molecule has 1 unspecified atom stereocenters. The first-order valence-electron chi connectivity index (χ1n) is 8.46. The summed E-state index contributed by atoms with van der Waals surface area (Å²) < 4.78 is 24.1. The van der Waals surface area contributed by atoms with Crippen molar-refractivity contribution in [1.82, 2.24) is 15.2 Å². The van der Waals surface area contributed by atoms with Crippen LogP contribution >= 0.6 is 11.3 Å². The number of carbonyl (C=O) groups is 1. The minimum atomic E-state index is -0.279. The van der Waals surface area contributed by atoms with E-state index in [0.717, 1.165) is 23.7 Å². The van der Waals surface area contributed by atoms with Crippen molar-refractivity contribution >= 4 is 17.2 Å². The third-order valence-corrected chi connectivity index (χ3v) is 5.19. The lowest BCUT2D eigenvalue weighted by Crippen LogP contribution is -2.43. The van der Waals surface area contributed by atoms with Crippen LogP contribution in [0, 0.1) is 5.82 Å². The molecule has 1 atom stereocenters. The molecule has 8 heteroatoms. The first-order valence-corrected chi connectivity index (χ1v) is 9.28. The van der Waals surface area contributed by atoms with Gasteiger partial charge in [-0.25, -0.2) is 9.37 Å². The van der Waals surface area contributed by atoms with E-state index in [0.29, 0.717) is 31.2 Å². The second kappa shape index (κ2) is 9.18. The summed E-state index contributed by atoms with van der Waals surface area (Å²) in [5, 5.41) is 3.71. The molecular formula is C18H22FN3O3S. The van der Waals surface area contributed by atoms with Crippen LogP contribution in [-0.2, 0) is 16.1 Å². The Morgan fingerprint density at radius 2 is 2.27 bits per heavy atom. The standard InChI is InChI=1S/C18H22FN3O3S/c1-24-12-17-20-11-16(26-17)18(23)21-10-15(22-5-7-25-8-6-22)13-3-2-4-14(19)9-13/h2-4,9,11,15H,5-8,10,12H2,1H3,(H,21,23). The maximum atomic E-state index is 13.7. The fourth-order valence-corrected chi connectivity index (χ4v) is 3.75. The number of amides is 1. The van der Waals surface area contributed by atoms with Crippen LogP contribution in [0.1, 0.15) is 26.3 Å². The number of nitrogens with one attached hydrogen (secondary N) is 1. The molecule has 0 spiro atoms. The molecule has 1 N–H and O–H groups in total. The van der Waals surface area contributed by atoms with Gasteiger partial charge in [-0.3, -0.25) is 9.69 Å². The van der Waals surface area contributed by atoms with Crippen LogP contribution in [0.5, 0.6) is 0 Å². The number of morpholine rings is 1. The SMILES string of the molecule is COCc1ncc(C(=O)NCC(c2cccc(F)c2)N2CCOCC2)s1. The summed E-state index contributed by atoms with van der Waals surface area (Å²) in [5.41, 5.74) is 0.844. The molecule has 0 bridgehead atoms. The molecule has 26 heavy (non-hydrogen) atoms. The largest absolute Gasteiger partial charge is 0.379 e. The number of benzene rings is 1. The highest BCUT2D eigenvalue weighted by Gasteiger charge is 2.24. The van der Waals surface area contributed by atoms with Crippen molar-refractivity contribution in [3.63, 3.8) is 0 Å². The van der Waals surface area contributed by atoms with Crippen LogP contribution < -0.4 is 5.32 Å². The summed E-state index contributed by atoms with van der Waals surface area (Å²) in [6.45, 7) is 3.53. The normalized spacial score (nSPS) is 16.4. The average molecular weight is 379 g/mol. The van der Waals surface area contributed by atoms with E-state index < -0.39 is 0 Å². The van der Waals surface area contributed by atoms with Gasteiger partial charge >= 0.3 is 0 Å². The Kier molecular flexibility index (Phi) is 6.67. The van der Waals surface area contributed by atoms with Gasteiger partial charge in [0.15, 0.2) is 0 Å². The Morgan fingerprint density at radius 1 is 1.46 bits per heavy atom. The zero-order valence-corrected chi connectivity index (χ0v) is 15.4. The number of carbonyl (C=O) groups excluding carboxylic acids is 1. The van der Waals surface area contributed by atoms with E-state index in [4.69, 9.17) is 9.47 Å². The Balaban J connectivity index is 1.69. The van der Waals surface area contributed by atoms with E-state index >= 15 is 0 Å². The maximum absolute atomic E-state index is 13.7. The summed E-state index contributed by atoms with van der Waals surface area (Å²) in [6, 6.07) is 6.42. The molecule has 1 aromatic heterocycles. The van der Waals surface area contributed by atoms with Crippen LogP contribution in [-0.4, -0.2) is 55.7 Å². The summed E-state index contributed by atoms with van der Waals surface area (Å²) in [6.07, 6.45) is 1.56. The van der Waals surface area contributed by atoms with Crippen molar-refractivity contribution in [2.75, 3.05) is 40.0 Å². The smallest absolute Gasteiger partial charge is 0.263 e. The fraction of sp³-hybridized carbons (Fsp3) is 0.444. The van der Waals surface area contributed by atoms with Gasteiger partial charge in [-0.15, -0.1) is 11.3 Å². The summed E-state index contributed by atoms with van der Waals surface area (Å²) >= 11 is 1.31. The second-order valence-electron chi connectivity index (χ2n) is 5.98. The monoisotopic (exact) mass is 379 g/mol. The quantitative estimate of drug-likeness (QED) is 0.799. The zero-order chi connectivity index (χ0) is 18.4. The van der Waals surface area contributed by atoms with E-state index in [9.17, 15) is 9.18 Å². The number of aromatic nitrogens is 1. The second-order valence-corrected chi connectivity index (χ2v) is 7.10. The average Bonchev–Trinajstić information content (AvgIpc) is 3.12. The molecule has 0 saturated carbocycles. The Morgan fingerprint density at radius 3 is 3.00 bits per heavy atom. The summed E-state index contributed by atoms with van der Waals surface area (Å²) in [7, 11) is 1.59. The molecular weight excluding hydrogens is 357 g/mol. The van der Waals surface area contributed by atoms with Gasteiger partial charge in [0.2, 0.25) is 0 Å². The molecule has 2 aromatic rings. The lowest BCUT2D eigenvalue weighted by atomic mass is 10.0. The molecule has 2 heterocycles. The molecule has 0 radical (unpaired) electrons. The van der Waals surface area contributed by atoms with Crippen molar-refractivity contribution in [2.45, 2.75) is 12.6 Å². The van der Waals surface area contributed by atoms with Gasteiger partial charge in [-0.05, 0) is 17.7 Å². The summed E-state index contributed by atoms with van der Waals surface area (Å²) in [5.74, 6) is -0.460. The number of rotatable bonds is 7. The van der Waals surface area contributed by atoms with E-state index in [-0.39, 0.29) is 17.8 Å². The molecule has 1 amide bonds. The third kappa shape index (κ3) is 4.85. The third-order valence-electron chi connectivity index (χ3n) is 4.22. The molecule has 1 aliphatic rings. The molecule has 140 valence electrons. The van der Waals surface area contributed by atoms with E-state index in [1.807, 2.05) is 6.07 Å². The Labute approximate surface area is 155 Å². The van der Waals surface area contributed by atoms with Crippen molar-refractivity contribution < 1.29 is 18.7 Å². The minimum Gasteiger partial charge on any atom is -0.379 e. The van der Waals surface area contributed by atoms with Crippen molar-refractivity contribution in [2.24, 2.45) is 0 Å². The van der Waals surface area contributed by atoms with Crippen molar-refractivity contribution in [3.05, 3.63) is 51.7 Å². The van der Waals surface area contributed by atoms with Gasteiger partial charge < -0.3 is 14.8 Å². The van der Waals surface area contributed by atoms with Crippen molar-refractivity contribution in [1.29, 1.82) is 0 Å². The van der Waals surface area contributed by atoms with Gasteiger partial charge in [0, 0.05) is 26.7 Å². The van der Waals surface area contributed by atoms with Gasteiger partial charge in [0.25, 0.3) is 5.91 Å². The highest BCUT2D eigenvalue weighted by molar-refractivity contribution is 7.13. The predicted molar refractivity (Wildman–Crippen MR) is 96.7 cm³/mol. The molecule has 0 aliphatic carbocycles. The predicted octanol–water partition coefficient (Wildman–Crippen LogP) is 2.23. The fourth-order valence-electron chi connectivity index (χ4n) is 2.94. The molecule has 6 nitrogen and oxygen atoms in total. The number of halogens is 1.